The van der Waals surface area contributed by atoms with E-state index in [0.29, 0.717) is 25.7 Å². The van der Waals surface area contributed by atoms with Crippen molar-refractivity contribution in [1.29, 1.82) is 0 Å². The lowest BCUT2D eigenvalue weighted by Crippen LogP contribution is -2.30. The van der Waals surface area contributed by atoms with Gasteiger partial charge < -0.3 is 33.8 Å². The summed E-state index contributed by atoms with van der Waals surface area (Å²) in [7, 11) is -9.92. The number of phosphoric ester groups is 2. The number of carbonyl (C=O) groups excluding carboxylic acids is 4. The molecule has 0 radical (unpaired) electrons. The van der Waals surface area contributed by atoms with Crippen molar-refractivity contribution in [1.82, 2.24) is 0 Å². The lowest BCUT2D eigenvalue weighted by atomic mass is 10.0. The van der Waals surface area contributed by atoms with E-state index < -0.39 is 97.5 Å². The second-order valence-electron chi connectivity index (χ2n) is 30.7. The summed E-state index contributed by atoms with van der Waals surface area (Å²) in [6.07, 6.45) is 55.4. The molecule has 3 N–H and O–H groups in total. The molecule has 588 valence electrons. The average molecular weight is 1450 g/mol. The molecule has 2 unspecified atom stereocenters. The Hall–Kier alpha value is -1.94. The van der Waals surface area contributed by atoms with Crippen molar-refractivity contribution >= 4 is 39.5 Å². The van der Waals surface area contributed by atoms with Crippen molar-refractivity contribution in [3.05, 3.63) is 0 Å². The first kappa shape index (κ1) is 97.1. The first-order chi connectivity index (χ1) is 47.6. The van der Waals surface area contributed by atoms with E-state index in [0.717, 1.165) is 114 Å². The fraction of sp³-hybridized carbons (Fsp3) is 0.950. The number of unbranched alkanes of at least 4 members (excludes halogenated alkanes) is 43. The van der Waals surface area contributed by atoms with Gasteiger partial charge in [0, 0.05) is 25.7 Å². The first-order valence-electron chi connectivity index (χ1n) is 41.2. The number of ether oxygens (including phenoxy) is 4. The third kappa shape index (κ3) is 74.1. The molecule has 99 heavy (non-hydrogen) atoms. The van der Waals surface area contributed by atoms with E-state index in [-0.39, 0.29) is 25.7 Å². The molecule has 0 fully saturated rings. The third-order valence-electron chi connectivity index (χ3n) is 18.6. The summed E-state index contributed by atoms with van der Waals surface area (Å²) in [6, 6.07) is 0. The standard InChI is InChI=1S/C80H156O17P2/c1-70(2)56-48-40-32-24-18-12-9-10-14-22-28-38-46-54-62-79(84)96-75(66-90-77(82)60-52-44-36-27-21-15-11-13-19-25-33-41-49-57-71(3)4)68-94-98(86,87)92-64-74(81)65-93-99(88,89)95-69-76(67-91-78(83)61-53-45-37-31-30-35-43-51-59-73(7)8)97-80(85)63-55-47-39-29-23-17-16-20-26-34-42-50-58-72(5)6/h70-76,81H,9-69H2,1-8H3,(H,86,87)(H,88,89)/t74-,75-,76-/m1/s1. The molecule has 5 atom stereocenters. The van der Waals surface area contributed by atoms with Crippen LogP contribution in [-0.4, -0.2) is 96.7 Å². The molecule has 0 saturated carbocycles. The van der Waals surface area contributed by atoms with E-state index in [2.05, 4.69) is 55.4 Å². The number of esters is 4. The molecule has 17 nitrogen and oxygen atoms in total. The van der Waals surface area contributed by atoms with E-state index in [9.17, 15) is 43.2 Å². The van der Waals surface area contributed by atoms with Crippen LogP contribution in [0.1, 0.15) is 409 Å². The maximum atomic E-state index is 13.1. The summed E-state index contributed by atoms with van der Waals surface area (Å²) < 4.78 is 68.7. The summed E-state index contributed by atoms with van der Waals surface area (Å²) >= 11 is 0. The number of aliphatic hydroxyl groups is 1. The molecule has 0 saturated heterocycles. The zero-order valence-electron chi connectivity index (χ0n) is 65.1. The molecular formula is C80H156O17P2. The van der Waals surface area contributed by atoms with E-state index >= 15 is 0 Å². The zero-order valence-corrected chi connectivity index (χ0v) is 66.9. The van der Waals surface area contributed by atoms with Gasteiger partial charge in [0.15, 0.2) is 12.2 Å². The number of hydrogen-bond donors (Lipinski definition) is 3. The Balaban J connectivity index is 5.27. The van der Waals surface area contributed by atoms with E-state index in [1.807, 2.05) is 0 Å². The largest absolute Gasteiger partial charge is 0.472 e. The van der Waals surface area contributed by atoms with Gasteiger partial charge in [-0.1, -0.05) is 357 Å². The molecule has 0 aromatic carbocycles. The number of phosphoric acid groups is 2. The molecular weight excluding hydrogens is 1290 g/mol. The van der Waals surface area contributed by atoms with Crippen LogP contribution in [0.2, 0.25) is 0 Å². The molecule has 0 bridgehead atoms. The fourth-order valence-electron chi connectivity index (χ4n) is 12.3. The Kier molecular flexibility index (Phi) is 67.8. The Bertz CT molecular complexity index is 1940. The van der Waals surface area contributed by atoms with Crippen LogP contribution in [0.4, 0.5) is 0 Å². The summed E-state index contributed by atoms with van der Waals surface area (Å²) in [5.41, 5.74) is 0. The molecule has 0 rings (SSSR count). The van der Waals surface area contributed by atoms with Gasteiger partial charge in [-0.15, -0.1) is 0 Å². The predicted molar refractivity (Wildman–Crippen MR) is 404 cm³/mol. The Morgan fingerprint density at radius 2 is 0.424 bits per heavy atom. The summed E-state index contributed by atoms with van der Waals surface area (Å²) in [5, 5.41) is 10.6. The molecule has 0 spiro atoms. The number of aliphatic hydroxyl groups excluding tert-OH is 1. The molecule has 0 aliphatic carbocycles. The van der Waals surface area contributed by atoms with Crippen LogP contribution in [-0.2, 0) is 65.4 Å². The summed E-state index contributed by atoms with van der Waals surface area (Å²) in [5.74, 6) is 0.975. The zero-order chi connectivity index (χ0) is 73.1. The smallest absolute Gasteiger partial charge is 0.462 e. The lowest BCUT2D eigenvalue weighted by molar-refractivity contribution is -0.161. The minimum absolute atomic E-state index is 0.106. The van der Waals surface area contributed by atoms with Gasteiger partial charge in [-0.2, -0.15) is 0 Å². The normalized spacial score (nSPS) is 14.1. The van der Waals surface area contributed by atoms with Crippen LogP contribution in [0, 0.1) is 23.7 Å². The molecule has 0 amide bonds. The third-order valence-corrected chi connectivity index (χ3v) is 20.5. The van der Waals surface area contributed by atoms with Gasteiger partial charge in [-0.05, 0) is 49.4 Å². The van der Waals surface area contributed by atoms with Crippen molar-refractivity contribution < 1.29 is 80.2 Å². The Morgan fingerprint density at radius 1 is 0.253 bits per heavy atom. The SMILES string of the molecule is CC(C)CCCCCCCCCCCCCCCCC(=O)O[C@H](COC(=O)CCCCCCCCCCCCCCCC(C)C)COP(=O)(O)OC[C@@H](O)COP(=O)(O)OC[C@@H](COC(=O)CCCCCCCCCCC(C)C)OC(=O)CCCCCCCCCCCCCCC(C)C. The van der Waals surface area contributed by atoms with Crippen LogP contribution in [0.3, 0.4) is 0 Å². The van der Waals surface area contributed by atoms with Gasteiger partial charge >= 0.3 is 39.5 Å². The molecule has 19 heteroatoms. The number of rotatable bonds is 77. The summed E-state index contributed by atoms with van der Waals surface area (Å²) in [4.78, 5) is 73.0. The molecule has 0 aliphatic rings. The summed E-state index contributed by atoms with van der Waals surface area (Å²) in [6.45, 7) is 14.3. The van der Waals surface area contributed by atoms with Crippen LogP contribution < -0.4 is 0 Å². The number of carbonyl (C=O) groups is 4. The highest BCUT2D eigenvalue weighted by atomic mass is 31.2. The minimum Gasteiger partial charge on any atom is -0.462 e. The van der Waals surface area contributed by atoms with Crippen molar-refractivity contribution in [3.8, 4) is 0 Å². The van der Waals surface area contributed by atoms with Crippen molar-refractivity contribution in [2.45, 2.75) is 427 Å². The fourth-order valence-corrected chi connectivity index (χ4v) is 13.8. The van der Waals surface area contributed by atoms with Gasteiger partial charge in [0.25, 0.3) is 0 Å². The van der Waals surface area contributed by atoms with Crippen LogP contribution in [0.15, 0.2) is 0 Å². The lowest BCUT2D eigenvalue weighted by Gasteiger charge is -2.21. The highest BCUT2D eigenvalue weighted by Crippen LogP contribution is 2.45. The monoisotopic (exact) mass is 1450 g/mol. The van der Waals surface area contributed by atoms with Gasteiger partial charge in [-0.25, -0.2) is 9.13 Å². The predicted octanol–water partition coefficient (Wildman–Crippen LogP) is 23.6. The Morgan fingerprint density at radius 3 is 0.626 bits per heavy atom. The van der Waals surface area contributed by atoms with Gasteiger partial charge in [-0.3, -0.25) is 37.3 Å². The van der Waals surface area contributed by atoms with Gasteiger partial charge in [0.05, 0.1) is 26.4 Å². The Labute approximate surface area is 607 Å². The van der Waals surface area contributed by atoms with Gasteiger partial charge in [0.2, 0.25) is 0 Å². The topological polar surface area (TPSA) is 237 Å². The first-order valence-corrected chi connectivity index (χ1v) is 44.2. The van der Waals surface area contributed by atoms with Crippen molar-refractivity contribution in [2.24, 2.45) is 23.7 Å². The molecule has 0 aromatic rings. The second-order valence-corrected chi connectivity index (χ2v) is 33.6. The van der Waals surface area contributed by atoms with Crippen LogP contribution in [0.5, 0.6) is 0 Å². The highest BCUT2D eigenvalue weighted by Gasteiger charge is 2.30. The minimum atomic E-state index is -4.96. The van der Waals surface area contributed by atoms with Crippen LogP contribution >= 0.6 is 15.6 Å². The highest BCUT2D eigenvalue weighted by molar-refractivity contribution is 7.47. The molecule has 0 aromatic heterocycles. The van der Waals surface area contributed by atoms with Crippen molar-refractivity contribution in [3.63, 3.8) is 0 Å². The van der Waals surface area contributed by atoms with Crippen LogP contribution in [0.25, 0.3) is 0 Å². The van der Waals surface area contributed by atoms with Gasteiger partial charge in [0.1, 0.15) is 19.3 Å². The number of hydrogen-bond acceptors (Lipinski definition) is 15. The molecule has 0 heterocycles. The van der Waals surface area contributed by atoms with Crippen molar-refractivity contribution in [2.75, 3.05) is 39.6 Å². The van der Waals surface area contributed by atoms with E-state index in [1.54, 1.807) is 0 Å². The average Bonchev–Trinajstić information content (AvgIpc) is 1.01. The van der Waals surface area contributed by atoms with E-state index in [4.69, 9.17) is 37.0 Å². The quantitative estimate of drug-likeness (QED) is 0.0222. The second kappa shape index (κ2) is 69.1. The van der Waals surface area contributed by atoms with E-state index in [1.165, 1.54) is 212 Å². The maximum absolute atomic E-state index is 13.1. The maximum Gasteiger partial charge on any atom is 0.472 e. The molecule has 0 aliphatic heterocycles.